The molecule has 0 spiro atoms. The number of ether oxygens (including phenoxy) is 1. The molecule has 2 N–H and O–H groups in total. The summed E-state index contributed by atoms with van der Waals surface area (Å²) in [6.07, 6.45) is 2.39. The van der Waals surface area contributed by atoms with Gasteiger partial charge < -0.3 is 15.2 Å². The zero-order valence-electron chi connectivity index (χ0n) is 10.6. The number of hydrogen-bond acceptors (Lipinski definition) is 5. The van der Waals surface area contributed by atoms with Gasteiger partial charge in [-0.05, 0) is 47.1 Å². The van der Waals surface area contributed by atoms with E-state index in [2.05, 4.69) is 31.2 Å². The normalized spacial score (nSPS) is 11.7. The second kappa shape index (κ2) is 6.33. The van der Waals surface area contributed by atoms with Gasteiger partial charge in [-0.2, -0.15) is 0 Å². The number of rotatable bonds is 5. The minimum atomic E-state index is -1.00. The number of benzene rings is 1. The number of anilines is 2. The van der Waals surface area contributed by atoms with Crippen LogP contribution in [-0.2, 0) is 4.79 Å². The summed E-state index contributed by atoms with van der Waals surface area (Å²) in [5, 5.41) is 11.8. The molecule has 0 aliphatic carbocycles. The predicted octanol–water partition coefficient (Wildman–Crippen LogP) is 2.83. The van der Waals surface area contributed by atoms with Crippen LogP contribution in [-0.4, -0.2) is 27.1 Å². The van der Waals surface area contributed by atoms with Crippen molar-refractivity contribution < 1.29 is 14.6 Å². The summed E-state index contributed by atoms with van der Waals surface area (Å²) in [4.78, 5) is 18.9. The van der Waals surface area contributed by atoms with Crippen molar-refractivity contribution in [2.45, 2.75) is 13.0 Å². The second-order valence-electron chi connectivity index (χ2n) is 3.97. The Labute approximate surface area is 124 Å². The number of hydrogen-bond donors (Lipinski definition) is 2. The van der Waals surface area contributed by atoms with E-state index in [1.165, 1.54) is 6.92 Å². The summed E-state index contributed by atoms with van der Waals surface area (Å²) in [6, 6.07) is 6.88. The third-order valence-corrected chi connectivity index (χ3v) is 2.80. The van der Waals surface area contributed by atoms with E-state index in [1.807, 2.05) is 0 Å². The number of carboxylic acids is 1. The van der Waals surface area contributed by atoms with Crippen LogP contribution in [0, 0.1) is 0 Å². The average Bonchev–Trinajstić information content (AvgIpc) is 2.43. The lowest BCUT2D eigenvalue weighted by Crippen LogP contribution is -2.22. The highest BCUT2D eigenvalue weighted by Crippen LogP contribution is 2.19. The Hall–Kier alpha value is -2.15. The standard InChI is InChI=1S/C13H12BrN3O3/c1-8(12(18)19)20-11-4-2-10(3-5-11)17-13-15-6-9(14)7-16-13/h2-8H,1H3,(H,18,19)(H,15,16,17). The highest BCUT2D eigenvalue weighted by atomic mass is 79.9. The van der Waals surface area contributed by atoms with Crippen molar-refractivity contribution in [3.63, 3.8) is 0 Å². The van der Waals surface area contributed by atoms with Crippen LogP contribution in [0.4, 0.5) is 11.6 Å². The van der Waals surface area contributed by atoms with Crippen LogP contribution in [0.2, 0.25) is 0 Å². The Morgan fingerprint density at radius 1 is 1.30 bits per heavy atom. The molecule has 2 aromatic rings. The van der Waals surface area contributed by atoms with Crippen molar-refractivity contribution in [3.05, 3.63) is 41.1 Å². The Kier molecular flexibility index (Phi) is 4.52. The van der Waals surface area contributed by atoms with E-state index in [1.54, 1.807) is 36.7 Å². The number of aromatic nitrogens is 2. The summed E-state index contributed by atoms with van der Waals surface area (Å²) in [6.45, 7) is 1.48. The lowest BCUT2D eigenvalue weighted by molar-refractivity contribution is -0.144. The number of carbonyl (C=O) groups is 1. The summed E-state index contributed by atoms with van der Waals surface area (Å²) in [5.41, 5.74) is 0.780. The SMILES string of the molecule is CC(Oc1ccc(Nc2ncc(Br)cn2)cc1)C(=O)O. The molecule has 0 aliphatic heterocycles. The maximum Gasteiger partial charge on any atom is 0.344 e. The van der Waals surface area contributed by atoms with Gasteiger partial charge in [0, 0.05) is 18.1 Å². The Bertz CT molecular complexity index is 587. The maximum absolute atomic E-state index is 10.7. The third kappa shape index (κ3) is 3.92. The summed E-state index contributed by atoms with van der Waals surface area (Å²) in [5.74, 6) is -0.0431. The largest absolute Gasteiger partial charge is 0.479 e. The number of nitrogens with zero attached hydrogens (tertiary/aromatic N) is 2. The molecule has 2 rings (SSSR count). The summed E-state index contributed by atoms with van der Waals surface area (Å²) in [7, 11) is 0. The van der Waals surface area contributed by atoms with Gasteiger partial charge in [0.25, 0.3) is 0 Å². The van der Waals surface area contributed by atoms with Crippen molar-refractivity contribution in [2.24, 2.45) is 0 Å². The van der Waals surface area contributed by atoms with Gasteiger partial charge in [-0.3, -0.25) is 0 Å². The van der Waals surface area contributed by atoms with Crippen LogP contribution in [0.1, 0.15) is 6.92 Å². The molecular weight excluding hydrogens is 326 g/mol. The van der Waals surface area contributed by atoms with Gasteiger partial charge >= 0.3 is 5.97 Å². The molecule has 20 heavy (non-hydrogen) atoms. The number of nitrogens with one attached hydrogen (secondary N) is 1. The first-order valence-corrected chi connectivity index (χ1v) is 6.58. The molecule has 1 unspecified atom stereocenters. The number of halogens is 1. The Morgan fingerprint density at radius 2 is 1.90 bits per heavy atom. The minimum Gasteiger partial charge on any atom is -0.479 e. The Balaban J connectivity index is 2.01. The zero-order chi connectivity index (χ0) is 14.5. The van der Waals surface area contributed by atoms with Crippen LogP contribution in [0.25, 0.3) is 0 Å². The van der Waals surface area contributed by atoms with E-state index in [-0.39, 0.29) is 0 Å². The van der Waals surface area contributed by atoms with Gasteiger partial charge in [0.2, 0.25) is 5.95 Å². The fourth-order valence-corrected chi connectivity index (χ4v) is 1.58. The van der Waals surface area contributed by atoms with Crippen molar-refractivity contribution >= 4 is 33.5 Å². The molecule has 0 saturated heterocycles. The smallest absolute Gasteiger partial charge is 0.344 e. The fraction of sp³-hybridized carbons (Fsp3) is 0.154. The molecule has 0 saturated carbocycles. The lowest BCUT2D eigenvalue weighted by atomic mass is 10.3. The van der Waals surface area contributed by atoms with E-state index < -0.39 is 12.1 Å². The molecule has 0 aliphatic rings. The van der Waals surface area contributed by atoms with Gasteiger partial charge in [0.05, 0.1) is 4.47 Å². The molecule has 0 radical (unpaired) electrons. The quantitative estimate of drug-likeness (QED) is 0.872. The van der Waals surface area contributed by atoms with E-state index in [4.69, 9.17) is 9.84 Å². The molecule has 1 heterocycles. The molecule has 0 amide bonds. The third-order valence-electron chi connectivity index (χ3n) is 2.39. The van der Waals surface area contributed by atoms with E-state index in [0.29, 0.717) is 11.7 Å². The van der Waals surface area contributed by atoms with Crippen LogP contribution >= 0.6 is 15.9 Å². The van der Waals surface area contributed by atoms with Crippen molar-refractivity contribution in [2.75, 3.05) is 5.32 Å². The van der Waals surface area contributed by atoms with Crippen LogP contribution in [0.15, 0.2) is 41.1 Å². The van der Waals surface area contributed by atoms with Crippen LogP contribution in [0.3, 0.4) is 0 Å². The molecular formula is C13H12BrN3O3. The van der Waals surface area contributed by atoms with Crippen molar-refractivity contribution in [3.8, 4) is 5.75 Å². The topological polar surface area (TPSA) is 84.3 Å². The van der Waals surface area contributed by atoms with Crippen molar-refractivity contribution in [1.82, 2.24) is 9.97 Å². The van der Waals surface area contributed by atoms with Crippen LogP contribution in [0.5, 0.6) is 5.75 Å². The van der Waals surface area contributed by atoms with Gasteiger partial charge in [0.15, 0.2) is 6.10 Å². The monoisotopic (exact) mass is 337 g/mol. The first-order valence-electron chi connectivity index (χ1n) is 5.78. The highest BCUT2D eigenvalue weighted by molar-refractivity contribution is 9.10. The summed E-state index contributed by atoms with van der Waals surface area (Å²) < 4.78 is 6.03. The molecule has 1 atom stereocenters. The molecule has 1 aromatic carbocycles. The average molecular weight is 338 g/mol. The summed E-state index contributed by atoms with van der Waals surface area (Å²) >= 11 is 3.26. The maximum atomic E-state index is 10.7. The van der Waals surface area contributed by atoms with Crippen LogP contribution < -0.4 is 10.1 Å². The van der Waals surface area contributed by atoms with Gasteiger partial charge in [-0.25, -0.2) is 14.8 Å². The molecule has 6 nitrogen and oxygen atoms in total. The molecule has 1 aromatic heterocycles. The Morgan fingerprint density at radius 3 is 2.45 bits per heavy atom. The molecule has 7 heteroatoms. The number of aliphatic carboxylic acids is 1. The molecule has 0 fully saturated rings. The molecule has 104 valence electrons. The predicted molar refractivity (Wildman–Crippen MR) is 77.2 cm³/mol. The van der Waals surface area contributed by atoms with Gasteiger partial charge in [0.1, 0.15) is 5.75 Å². The zero-order valence-corrected chi connectivity index (χ0v) is 12.2. The van der Waals surface area contributed by atoms with E-state index >= 15 is 0 Å². The first-order chi connectivity index (χ1) is 9.54. The second-order valence-corrected chi connectivity index (χ2v) is 4.89. The van der Waals surface area contributed by atoms with Gasteiger partial charge in [-0.1, -0.05) is 0 Å². The fourth-order valence-electron chi connectivity index (χ4n) is 1.38. The first kappa shape index (κ1) is 14.3. The lowest BCUT2D eigenvalue weighted by Gasteiger charge is -2.11. The van der Waals surface area contributed by atoms with Gasteiger partial charge in [-0.15, -0.1) is 0 Å². The van der Waals surface area contributed by atoms with Crippen molar-refractivity contribution in [1.29, 1.82) is 0 Å². The minimum absolute atomic E-state index is 0.473. The van der Waals surface area contributed by atoms with E-state index in [9.17, 15) is 4.79 Å². The highest BCUT2D eigenvalue weighted by Gasteiger charge is 2.12. The number of carboxylic acid groups (broad SMARTS) is 1. The molecule has 0 bridgehead atoms. The van der Waals surface area contributed by atoms with E-state index in [0.717, 1.165) is 10.2 Å².